The quantitative estimate of drug-likeness (QED) is 0.773. The number of aryl methyl sites for hydroxylation is 1. The van der Waals surface area contributed by atoms with Gasteiger partial charge in [0, 0.05) is 6.54 Å². The number of aromatic nitrogens is 5. The zero-order valence-corrected chi connectivity index (χ0v) is 12.2. The summed E-state index contributed by atoms with van der Waals surface area (Å²) in [6, 6.07) is 0. The van der Waals surface area contributed by atoms with E-state index in [1.807, 2.05) is 20.8 Å². The predicted octanol–water partition coefficient (Wildman–Crippen LogP) is 0.899. The molecule has 0 unspecified atom stereocenters. The van der Waals surface area contributed by atoms with Gasteiger partial charge in [0.15, 0.2) is 0 Å². The maximum Gasteiger partial charge on any atom is 0.364 e. The van der Waals surface area contributed by atoms with Gasteiger partial charge in [0.05, 0.1) is 6.61 Å². The molecule has 0 aromatic carbocycles. The fourth-order valence-corrected chi connectivity index (χ4v) is 1.50. The van der Waals surface area contributed by atoms with Crippen LogP contribution in [0.4, 0.5) is 0 Å². The van der Waals surface area contributed by atoms with Gasteiger partial charge in [-0.15, -0.1) is 0 Å². The van der Waals surface area contributed by atoms with Crippen molar-refractivity contribution in [3.8, 4) is 0 Å². The first-order valence-electron chi connectivity index (χ1n) is 6.67. The summed E-state index contributed by atoms with van der Waals surface area (Å²) in [5.74, 6) is -0.456. The second-order valence-corrected chi connectivity index (χ2v) is 3.58. The summed E-state index contributed by atoms with van der Waals surface area (Å²) in [4.78, 5) is 27.0. The number of carbonyl (C=O) groups excluding carboxylic acids is 1. The second kappa shape index (κ2) is 7.37. The molecule has 2 heterocycles. The van der Waals surface area contributed by atoms with Crippen LogP contribution in [0.3, 0.4) is 0 Å². The van der Waals surface area contributed by atoms with Crippen LogP contribution in [-0.4, -0.2) is 37.0 Å². The van der Waals surface area contributed by atoms with Crippen molar-refractivity contribution < 1.29 is 9.53 Å². The Kier molecular flexibility index (Phi) is 5.82. The number of nitrogens with zero attached hydrogens (tertiary/aromatic N) is 5. The lowest BCUT2D eigenvalue weighted by Crippen LogP contribution is -2.25. The fraction of sp³-hybridized carbons (Fsp3) is 0.583. The van der Waals surface area contributed by atoms with Crippen LogP contribution in [0.5, 0.6) is 0 Å². The number of hydrogen-bond donors (Lipinski definition) is 0. The Balaban J connectivity index is 0.000000956. The SMILES string of the molecule is CC.CCCn1ncn2nc(C(=O)OCC)c(=O)nc12. The van der Waals surface area contributed by atoms with Crippen LogP contribution >= 0.6 is 0 Å². The van der Waals surface area contributed by atoms with Crippen molar-refractivity contribution in [2.45, 2.75) is 40.7 Å². The average molecular weight is 281 g/mol. The first-order valence-corrected chi connectivity index (χ1v) is 6.67. The van der Waals surface area contributed by atoms with Gasteiger partial charge in [0.25, 0.3) is 5.78 Å². The Morgan fingerprint density at radius 1 is 1.35 bits per heavy atom. The standard InChI is InChI=1S/C10H13N5O3.C2H6/c1-3-5-14-10-12-8(16)7(9(17)18-4-2)13-15(10)6-11-14;1-2/h6H,3-5H2,1-2H3;1-2H3. The molecule has 2 aromatic heterocycles. The minimum absolute atomic E-state index is 0.178. The lowest BCUT2D eigenvalue weighted by molar-refractivity contribution is 0.0515. The number of ether oxygens (including phenoxy) is 1. The van der Waals surface area contributed by atoms with Gasteiger partial charge in [-0.25, -0.2) is 9.48 Å². The Morgan fingerprint density at radius 2 is 2.05 bits per heavy atom. The van der Waals surface area contributed by atoms with Gasteiger partial charge in [-0.1, -0.05) is 20.8 Å². The van der Waals surface area contributed by atoms with Gasteiger partial charge in [0.1, 0.15) is 6.33 Å². The van der Waals surface area contributed by atoms with Gasteiger partial charge in [-0.2, -0.15) is 19.7 Å². The molecule has 0 atom stereocenters. The molecule has 0 aliphatic heterocycles. The monoisotopic (exact) mass is 281 g/mol. The van der Waals surface area contributed by atoms with Crippen LogP contribution < -0.4 is 5.56 Å². The summed E-state index contributed by atoms with van der Waals surface area (Å²) in [6.07, 6.45) is 2.26. The van der Waals surface area contributed by atoms with Gasteiger partial charge in [-0.3, -0.25) is 4.79 Å². The van der Waals surface area contributed by atoms with Crippen LogP contribution in [0.15, 0.2) is 11.1 Å². The maximum absolute atomic E-state index is 11.7. The van der Waals surface area contributed by atoms with E-state index in [-0.39, 0.29) is 12.3 Å². The van der Waals surface area contributed by atoms with Crippen LogP contribution in [0.2, 0.25) is 0 Å². The van der Waals surface area contributed by atoms with Gasteiger partial charge < -0.3 is 4.74 Å². The van der Waals surface area contributed by atoms with E-state index in [1.165, 1.54) is 10.8 Å². The van der Waals surface area contributed by atoms with E-state index in [0.29, 0.717) is 12.3 Å². The third kappa shape index (κ3) is 3.19. The predicted molar refractivity (Wildman–Crippen MR) is 72.6 cm³/mol. The van der Waals surface area contributed by atoms with Crippen LogP contribution in [-0.2, 0) is 11.3 Å². The number of esters is 1. The van der Waals surface area contributed by atoms with Crippen molar-refractivity contribution in [3.63, 3.8) is 0 Å². The van der Waals surface area contributed by atoms with Crippen molar-refractivity contribution >= 4 is 11.7 Å². The molecule has 0 N–H and O–H groups in total. The molecule has 8 nitrogen and oxygen atoms in total. The highest BCUT2D eigenvalue weighted by Crippen LogP contribution is 1.98. The minimum Gasteiger partial charge on any atom is -0.461 e. The molecule has 0 amide bonds. The van der Waals surface area contributed by atoms with Gasteiger partial charge in [0.2, 0.25) is 5.69 Å². The summed E-state index contributed by atoms with van der Waals surface area (Å²) in [5, 5.41) is 7.92. The third-order valence-corrected chi connectivity index (χ3v) is 2.25. The molecule has 20 heavy (non-hydrogen) atoms. The van der Waals surface area contributed by atoms with E-state index in [4.69, 9.17) is 4.74 Å². The first kappa shape index (κ1) is 15.8. The van der Waals surface area contributed by atoms with Gasteiger partial charge >= 0.3 is 11.5 Å². The van der Waals surface area contributed by atoms with Crippen LogP contribution in [0.25, 0.3) is 5.78 Å². The molecule has 110 valence electrons. The van der Waals surface area contributed by atoms with Gasteiger partial charge in [-0.05, 0) is 13.3 Å². The van der Waals surface area contributed by atoms with E-state index in [9.17, 15) is 9.59 Å². The third-order valence-electron chi connectivity index (χ3n) is 2.25. The van der Waals surface area contributed by atoms with Crippen LogP contribution in [0, 0.1) is 0 Å². The van der Waals surface area contributed by atoms with E-state index in [2.05, 4.69) is 15.2 Å². The molecule has 0 bridgehead atoms. The molecule has 0 saturated carbocycles. The van der Waals surface area contributed by atoms with Crippen molar-refractivity contribution in [1.29, 1.82) is 0 Å². The summed E-state index contributed by atoms with van der Waals surface area (Å²) in [5.41, 5.74) is -1.03. The number of rotatable bonds is 4. The van der Waals surface area contributed by atoms with E-state index in [0.717, 1.165) is 6.42 Å². The Hall–Kier alpha value is -2.25. The van der Waals surface area contributed by atoms with Crippen molar-refractivity contribution in [3.05, 3.63) is 22.4 Å². The van der Waals surface area contributed by atoms with Crippen molar-refractivity contribution in [1.82, 2.24) is 24.4 Å². The number of fused-ring (bicyclic) bond motifs is 1. The average Bonchev–Trinajstić information content (AvgIpc) is 2.83. The second-order valence-electron chi connectivity index (χ2n) is 3.58. The molecule has 0 aliphatic rings. The lowest BCUT2D eigenvalue weighted by Gasteiger charge is -2.01. The summed E-state index contributed by atoms with van der Waals surface area (Å²) in [7, 11) is 0. The van der Waals surface area contributed by atoms with Crippen LogP contribution in [0.1, 0.15) is 44.6 Å². The summed E-state index contributed by atoms with van der Waals surface area (Å²) < 4.78 is 7.58. The minimum atomic E-state index is -0.771. The molecule has 0 radical (unpaired) electrons. The van der Waals surface area contributed by atoms with E-state index < -0.39 is 11.5 Å². The Morgan fingerprint density at radius 3 is 2.65 bits per heavy atom. The zero-order valence-electron chi connectivity index (χ0n) is 12.2. The fourth-order valence-electron chi connectivity index (χ4n) is 1.50. The van der Waals surface area contributed by atoms with Crippen molar-refractivity contribution in [2.24, 2.45) is 0 Å². The molecule has 8 heteroatoms. The lowest BCUT2D eigenvalue weighted by atomic mass is 10.4. The molecule has 0 spiro atoms. The Labute approximate surface area is 116 Å². The highest BCUT2D eigenvalue weighted by molar-refractivity contribution is 5.86. The molecule has 2 aromatic rings. The molecule has 2 rings (SSSR count). The zero-order chi connectivity index (χ0) is 15.1. The highest BCUT2D eigenvalue weighted by Gasteiger charge is 2.17. The number of hydrogen-bond acceptors (Lipinski definition) is 6. The molecular formula is C12H19N5O3. The van der Waals surface area contributed by atoms with E-state index >= 15 is 0 Å². The normalized spacial score (nSPS) is 10.0. The molecule has 0 aliphatic carbocycles. The highest BCUT2D eigenvalue weighted by atomic mass is 16.5. The summed E-state index contributed by atoms with van der Waals surface area (Å²) in [6.45, 7) is 8.44. The number of carbonyl (C=O) groups is 1. The first-order chi connectivity index (χ1) is 9.67. The maximum atomic E-state index is 11.7. The largest absolute Gasteiger partial charge is 0.461 e. The smallest absolute Gasteiger partial charge is 0.364 e. The molecule has 0 saturated heterocycles. The summed E-state index contributed by atoms with van der Waals surface area (Å²) >= 11 is 0. The topological polar surface area (TPSA) is 91.4 Å². The molecule has 0 fully saturated rings. The molecular weight excluding hydrogens is 262 g/mol. The van der Waals surface area contributed by atoms with E-state index in [1.54, 1.807) is 11.6 Å². The van der Waals surface area contributed by atoms with Crippen molar-refractivity contribution in [2.75, 3.05) is 6.61 Å². The Bertz CT molecular complexity index is 632.